The molecule has 1 aromatic heterocycles. The standard InChI is InChI=1S/C18H14N2O4/c1-10(21)13-3-4-15-14(9-13)16(18(24)20(15)11(2)22)17(23)12-5-7-19-8-6-12/h3-9,23H,1-2H3/b17-16-. The maximum Gasteiger partial charge on any atom is 0.269 e. The van der Waals surface area contributed by atoms with Gasteiger partial charge in [0.05, 0.1) is 11.3 Å². The van der Waals surface area contributed by atoms with Gasteiger partial charge >= 0.3 is 0 Å². The van der Waals surface area contributed by atoms with Crippen LogP contribution in [0.2, 0.25) is 0 Å². The molecule has 6 nitrogen and oxygen atoms in total. The van der Waals surface area contributed by atoms with Crippen molar-refractivity contribution in [3.8, 4) is 0 Å². The van der Waals surface area contributed by atoms with E-state index in [4.69, 9.17) is 0 Å². The van der Waals surface area contributed by atoms with E-state index in [9.17, 15) is 19.5 Å². The molecule has 24 heavy (non-hydrogen) atoms. The molecule has 2 amide bonds. The van der Waals surface area contributed by atoms with Crippen molar-refractivity contribution in [2.75, 3.05) is 4.90 Å². The van der Waals surface area contributed by atoms with Crippen LogP contribution in [0.3, 0.4) is 0 Å². The minimum absolute atomic E-state index is 0.00509. The number of ketones is 1. The van der Waals surface area contributed by atoms with Crippen molar-refractivity contribution >= 4 is 34.6 Å². The topological polar surface area (TPSA) is 87.6 Å². The first kappa shape index (κ1) is 15.6. The van der Waals surface area contributed by atoms with Gasteiger partial charge in [-0.05, 0) is 37.3 Å². The quantitative estimate of drug-likeness (QED) is 0.521. The number of aliphatic hydroxyl groups excluding tert-OH is 1. The van der Waals surface area contributed by atoms with Crippen molar-refractivity contribution in [1.29, 1.82) is 0 Å². The van der Waals surface area contributed by atoms with Gasteiger partial charge in [0.15, 0.2) is 5.78 Å². The maximum absolute atomic E-state index is 12.7. The number of fused-ring (bicyclic) bond motifs is 1. The number of aromatic nitrogens is 1. The summed E-state index contributed by atoms with van der Waals surface area (Å²) in [6, 6.07) is 7.72. The highest BCUT2D eigenvalue weighted by Gasteiger charge is 2.38. The first-order chi connectivity index (χ1) is 11.4. The van der Waals surface area contributed by atoms with Crippen LogP contribution >= 0.6 is 0 Å². The monoisotopic (exact) mass is 322 g/mol. The van der Waals surface area contributed by atoms with Crippen LogP contribution in [0.25, 0.3) is 11.3 Å². The average molecular weight is 322 g/mol. The lowest BCUT2D eigenvalue weighted by molar-refractivity contribution is -0.122. The van der Waals surface area contributed by atoms with Crippen LogP contribution in [0.1, 0.15) is 35.3 Å². The Morgan fingerprint density at radius 2 is 1.71 bits per heavy atom. The molecule has 2 aromatic rings. The molecule has 1 aliphatic heterocycles. The first-order valence-electron chi connectivity index (χ1n) is 7.26. The molecule has 0 unspecified atom stereocenters. The van der Waals surface area contributed by atoms with Crippen LogP contribution < -0.4 is 4.90 Å². The summed E-state index contributed by atoms with van der Waals surface area (Å²) in [5.74, 6) is -1.51. The van der Waals surface area contributed by atoms with Crippen LogP contribution in [-0.2, 0) is 9.59 Å². The molecular formula is C18H14N2O4. The van der Waals surface area contributed by atoms with E-state index < -0.39 is 11.8 Å². The molecule has 1 aromatic carbocycles. The summed E-state index contributed by atoms with van der Waals surface area (Å²) in [6.07, 6.45) is 2.97. The van der Waals surface area contributed by atoms with Crippen molar-refractivity contribution < 1.29 is 19.5 Å². The summed E-state index contributed by atoms with van der Waals surface area (Å²) in [4.78, 5) is 41.1. The summed E-state index contributed by atoms with van der Waals surface area (Å²) in [6.45, 7) is 2.68. The van der Waals surface area contributed by atoms with Crippen LogP contribution in [0, 0.1) is 0 Å². The number of carbonyl (C=O) groups is 3. The number of hydrogen-bond acceptors (Lipinski definition) is 5. The average Bonchev–Trinajstić information content (AvgIpc) is 2.86. The highest BCUT2D eigenvalue weighted by Crippen LogP contribution is 2.40. The van der Waals surface area contributed by atoms with Gasteiger partial charge in [0.25, 0.3) is 5.91 Å². The number of amides is 2. The third-order valence-corrected chi connectivity index (χ3v) is 3.84. The number of pyridine rings is 1. The van der Waals surface area contributed by atoms with Gasteiger partial charge in [-0.25, -0.2) is 4.90 Å². The second-order valence-electron chi connectivity index (χ2n) is 5.41. The predicted octanol–water partition coefficient (Wildman–Crippen LogP) is 2.60. The summed E-state index contributed by atoms with van der Waals surface area (Å²) >= 11 is 0. The van der Waals surface area contributed by atoms with Gasteiger partial charge < -0.3 is 5.11 Å². The normalized spacial score (nSPS) is 15.2. The predicted molar refractivity (Wildman–Crippen MR) is 88.3 cm³/mol. The first-order valence-corrected chi connectivity index (χ1v) is 7.26. The molecule has 1 N–H and O–H groups in total. The molecule has 0 saturated carbocycles. The number of rotatable bonds is 2. The molecule has 0 radical (unpaired) electrons. The third kappa shape index (κ3) is 2.38. The Hall–Kier alpha value is -3.28. The van der Waals surface area contributed by atoms with Crippen LogP contribution in [-0.4, -0.2) is 27.7 Å². The molecule has 0 bridgehead atoms. The van der Waals surface area contributed by atoms with Gasteiger partial charge in [-0.15, -0.1) is 0 Å². The van der Waals surface area contributed by atoms with Crippen molar-refractivity contribution in [2.24, 2.45) is 0 Å². The van der Waals surface area contributed by atoms with Crippen molar-refractivity contribution in [2.45, 2.75) is 13.8 Å². The van der Waals surface area contributed by atoms with Crippen LogP contribution in [0.5, 0.6) is 0 Å². The molecule has 0 fully saturated rings. The van der Waals surface area contributed by atoms with Gasteiger partial charge in [0, 0.05) is 36.0 Å². The van der Waals surface area contributed by atoms with Crippen LogP contribution in [0.4, 0.5) is 5.69 Å². The molecular weight excluding hydrogens is 308 g/mol. The zero-order valence-electron chi connectivity index (χ0n) is 13.1. The van der Waals surface area contributed by atoms with E-state index >= 15 is 0 Å². The van der Waals surface area contributed by atoms with E-state index in [1.54, 1.807) is 18.2 Å². The SMILES string of the molecule is CC(=O)c1ccc2c(c1)/C(=C(/O)c1ccncc1)C(=O)N2C(C)=O. The highest BCUT2D eigenvalue weighted by molar-refractivity contribution is 6.42. The van der Waals surface area contributed by atoms with Crippen LogP contribution in [0.15, 0.2) is 42.7 Å². The van der Waals surface area contributed by atoms with Crippen molar-refractivity contribution in [1.82, 2.24) is 4.98 Å². The summed E-state index contributed by atoms with van der Waals surface area (Å²) in [5, 5.41) is 10.6. The Morgan fingerprint density at radius 3 is 2.29 bits per heavy atom. The lowest BCUT2D eigenvalue weighted by atomic mass is 9.99. The number of nitrogens with zero attached hydrogens (tertiary/aromatic N) is 2. The van der Waals surface area contributed by atoms with E-state index in [2.05, 4.69) is 4.98 Å². The van der Waals surface area contributed by atoms with E-state index in [1.165, 1.54) is 38.4 Å². The number of carbonyl (C=O) groups excluding carboxylic acids is 3. The number of aliphatic hydroxyl groups is 1. The zero-order valence-corrected chi connectivity index (χ0v) is 13.1. The second-order valence-corrected chi connectivity index (χ2v) is 5.41. The van der Waals surface area contributed by atoms with Gasteiger partial charge in [-0.1, -0.05) is 0 Å². The molecule has 6 heteroatoms. The third-order valence-electron chi connectivity index (χ3n) is 3.84. The molecule has 0 saturated heterocycles. The zero-order chi connectivity index (χ0) is 17.4. The van der Waals surface area contributed by atoms with E-state index in [0.717, 1.165) is 4.90 Å². The molecule has 1 aliphatic rings. The van der Waals surface area contributed by atoms with E-state index in [-0.39, 0.29) is 17.1 Å². The molecule has 120 valence electrons. The lowest BCUT2D eigenvalue weighted by Crippen LogP contribution is -2.31. The van der Waals surface area contributed by atoms with Crippen molar-refractivity contribution in [3.63, 3.8) is 0 Å². The Labute approximate surface area is 138 Å². The number of imide groups is 1. The summed E-state index contributed by atoms with van der Waals surface area (Å²) in [5.41, 5.74) is 1.50. The fourth-order valence-electron chi connectivity index (χ4n) is 2.68. The molecule has 0 spiro atoms. The molecule has 2 heterocycles. The molecule has 0 aliphatic carbocycles. The minimum Gasteiger partial charge on any atom is -0.506 e. The summed E-state index contributed by atoms with van der Waals surface area (Å²) < 4.78 is 0. The summed E-state index contributed by atoms with van der Waals surface area (Å²) in [7, 11) is 0. The van der Waals surface area contributed by atoms with Gasteiger partial charge in [0.1, 0.15) is 5.76 Å². The van der Waals surface area contributed by atoms with E-state index in [1.807, 2.05) is 0 Å². The largest absolute Gasteiger partial charge is 0.506 e. The van der Waals surface area contributed by atoms with Gasteiger partial charge in [0.2, 0.25) is 5.91 Å². The van der Waals surface area contributed by atoms with E-state index in [0.29, 0.717) is 22.4 Å². The highest BCUT2D eigenvalue weighted by atomic mass is 16.3. The fourth-order valence-corrected chi connectivity index (χ4v) is 2.68. The Bertz CT molecular complexity index is 900. The van der Waals surface area contributed by atoms with Crippen molar-refractivity contribution in [3.05, 3.63) is 59.4 Å². The fraction of sp³-hybridized carbons (Fsp3) is 0.111. The van der Waals surface area contributed by atoms with Gasteiger partial charge in [-0.3, -0.25) is 19.4 Å². The number of benzene rings is 1. The molecule has 3 rings (SSSR count). The van der Waals surface area contributed by atoms with Gasteiger partial charge in [-0.2, -0.15) is 0 Å². The molecule has 0 atom stereocenters. The smallest absolute Gasteiger partial charge is 0.269 e. The maximum atomic E-state index is 12.7. The Balaban J connectivity index is 2.29. The number of Topliss-reactive ketones (excluding diaryl/α,β-unsaturated/α-hetero) is 1. The lowest BCUT2D eigenvalue weighted by Gasteiger charge is -2.12. The minimum atomic E-state index is -0.618. The number of hydrogen-bond donors (Lipinski definition) is 1. The number of anilines is 1. The Kier molecular flexibility index (Phi) is 3.73. The Morgan fingerprint density at radius 1 is 1.04 bits per heavy atom. The second kappa shape index (κ2) is 5.73.